The van der Waals surface area contributed by atoms with E-state index in [4.69, 9.17) is 0 Å². The van der Waals surface area contributed by atoms with Gasteiger partial charge in [0.05, 0.1) is 0 Å². The number of aryl methyl sites for hydroxylation is 1. The van der Waals surface area contributed by atoms with E-state index in [0.717, 1.165) is 15.1 Å². The average molecular weight is 261 g/mol. The predicted molar refractivity (Wildman–Crippen MR) is 72.3 cm³/mol. The van der Waals surface area contributed by atoms with Gasteiger partial charge in [-0.1, -0.05) is 0 Å². The van der Waals surface area contributed by atoms with Crippen LogP contribution >= 0.6 is 11.3 Å². The molecule has 2 rings (SSSR count). The van der Waals surface area contributed by atoms with E-state index in [9.17, 15) is 14.4 Å². The Bertz CT molecular complexity index is 703. The quantitative estimate of drug-likeness (QED) is 0.664. The van der Waals surface area contributed by atoms with Gasteiger partial charge in [-0.25, -0.2) is 0 Å². The largest absolute Gasteiger partial charge is 0.320 e. The van der Waals surface area contributed by atoms with E-state index >= 15 is 0 Å². The molecule has 0 unspecified atom stereocenters. The van der Waals surface area contributed by atoms with Gasteiger partial charge in [0.25, 0.3) is 5.91 Å². The Kier molecular flexibility index (Phi) is 3.25. The van der Waals surface area contributed by atoms with Crippen LogP contribution in [0.1, 0.15) is 10.4 Å². The number of anilines is 1. The van der Waals surface area contributed by atoms with Crippen molar-refractivity contribution in [2.45, 2.75) is 13.8 Å². The van der Waals surface area contributed by atoms with Crippen molar-refractivity contribution in [2.75, 3.05) is 5.32 Å². The molecule has 0 radical (unpaired) electrons. The molecule has 5 heteroatoms. The summed E-state index contributed by atoms with van der Waals surface area (Å²) in [5.74, 6) is -0.703. The summed E-state index contributed by atoms with van der Waals surface area (Å²) in [5.41, 5.74) is 1.27. The molecule has 0 atom stereocenters. The molecule has 0 bridgehead atoms. The number of aldehydes is 1. The summed E-state index contributed by atoms with van der Waals surface area (Å²) >= 11 is 1.49. The third-order valence-corrected chi connectivity index (χ3v) is 3.90. The van der Waals surface area contributed by atoms with E-state index in [0.29, 0.717) is 11.1 Å². The van der Waals surface area contributed by atoms with Crippen LogP contribution in [0.2, 0.25) is 0 Å². The molecule has 0 aliphatic rings. The first-order valence-electron chi connectivity index (χ1n) is 5.33. The molecule has 0 saturated carbocycles. The van der Waals surface area contributed by atoms with Crippen molar-refractivity contribution >= 4 is 39.3 Å². The summed E-state index contributed by atoms with van der Waals surface area (Å²) in [7, 11) is 0. The molecule has 0 fully saturated rings. The smallest absolute Gasteiger partial charge is 0.288 e. The number of nitrogens with one attached hydrogen (secondary N) is 1. The van der Waals surface area contributed by atoms with Gasteiger partial charge in [0.15, 0.2) is 5.43 Å². The molecule has 1 aromatic carbocycles. The minimum Gasteiger partial charge on any atom is -0.320 e. The number of carbonyl (C=O) groups is 2. The zero-order valence-electron chi connectivity index (χ0n) is 9.94. The van der Waals surface area contributed by atoms with Crippen LogP contribution in [0.4, 0.5) is 5.69 Å². The highest BCUT2D eigenvalue weighted by molar-refractivity contribution is 7.18. The first kappa shape index (κ1) is 12.4. The van der Waals surface area contributed by atoms with Gasteiger partial charge in [0.2, 0.25) is 6.29 Å². The molecule has 0 spiro atoms. The lowest BCUT2D eigenvalue weighted by Crippen LogP contribution is -2.12. The Morgan fingerprint density at radius 2 is 2.06 bits per heavy atom. The normalized spacial score (nSPS) is 10.3. The van der Waals surface area contributed by atoms with E-state index in [1.807, 2.05) is 6.92 Å². The molecule has 0 saturated heterocycles. The Hall–Kier alpha value is -2.01. The topological polar surface area (TPSA) is 63.2 Å². The van der Waals surface area contributed by atoms with Gasteiger partial charge < -0.3 is 5.32 Å². The standard InChI is InChI=1S/C13H11NO3S/c1-7-8(2)18-11-5-9(14-12(16)6-15)3-4-10(11)13(7)17/h3-6H,1-2H3,(H,14,16). The van der Waals surface area contributed by atoms with Crippen LogP contribution in [0.25, 0.3) is 10.1 Å². The fourth-order valence-electron chi connectivity index (χ4n) is 1.65. The summed E-state index contributed by atoms with van der Waals surface area (Å²) in [4.78, 5) is 34.2. The van der Waals surface area contributed by atoms with Crippen LogP contribution in [0.15, 0.2) is 23.0 Å². The van der Waals surface area contributed by atoms with Gasteiger partial charge in [-0.05, 0) is 32.0 Å². The number of amides is 1. The third-order valence-electron chi connectivity index (χ3n) is 2.73. The van der Waals surface area contributed by atoms with Crippen molar-refractivity contribution in [3.8, 4) is 0 Å². The lowest BCUT2D eigenvalue weighted by molar-refractivity contribution is -0.127. The highest BCUT2D eigenvalue weighted by Gasteiger charge is 2.07. The van der Waals surface area contributed by atoms with E-state index < -0.39 is 5.91 Å². The second-order valence-corrected chi connectivity index (χ2v) is 5.19. The number of hydrogen-bond donors (Lipinski definition) is 1. The van der Waals surface area contributed by atoms with E-state index in [2.05, 4.69) is 5.32 Å². The van der Waals surface area contributed by atoms with Gasteiger partial charge >= 0.3 is 0 Å². The van der Waals surface area contributed by atoms with Gasteiger partial charge in [-0.15, -0.1) is 11.3 Å². The zero-order valence-corrected chi connectivity index (χ0v) is 10.8. The van der Waals surface area contributed by atoms with Crippen LogP contribution in [-0.2, 0) is 9.59 Å². The number of benzene rings is 1. The van der Waals surface area contributed by atoms with Crippen LogP contribution in [0.3, 0.4) is 0 Å². The molecule has 1 amide bonds. The maximum Gasteiger partial charge on any atom is 0.288 e. The van der Waals surface area contributed by atoms with Gasteiger partial charge in [-0.3, -0.25) is 14.4 Å². The molecule has 4 nitrogen and oxygen atoms in total. The Morgan fingerprint density at radius 3 is 2.72 bits per heavy atom. The van der Waals surface area contributed by atoms with Gasteiger partial charge in [0.1, 0.15) is 0 Å². The lowest BCUT2D eigenvalue weighted by atomic mass is 10.2. The van der Waals surface area contributed by atoms with Crippen molar-refractivity contribution in [1.82, 2.24) is 0 Å². The first-order chi connectivity index (χ1) is 8.52. The van der Waals surface area contributed by atoms with Crippen molar-refractivity contribution in [3.63, 3.8) is 0 Å². The molecule has 92 valence electrons. The summed E-state index contributed by atoms with van der Waals surface area (Å²) in [6, 6.07) is 4.99. The molecule has 1 aromatic heterocycles. The fourth-order valence-corrected chi connectivity index (χ4v) is 2.68. The van der Waals surface area contributed by atoms with Crippen LogP contribution in [-0.4, -0.2) is 12.2 Å². The first-order valence-corrected chi connectivity index (χ1v) is 6.15. The second kappa shape index (κ2) is 4.70. The highest BCUT2D eigenvalue weighted by Crippen LogP contribution is 2.24. The van der Waals surface area contributed by atoms with E-state index in [1.54, 1.807) is 25.1 Å². The summed E-state index contributed by atoms with van der Waals surface area (Å²) in [6.45, 7) is 3.69. The maximum atomic E-state index is 12.0. The summed E-state index contributed by atoms with van der Waals surface area (Å²) in [5, 5.41) is 3.07. The molecule has 2 aromatic rings. The Labute approximate surface area is 107 Å². The van der Waals surface area contributed by atoms with Gasteiger partial charge in [0, 0.05) is 26.2 Å². The van der Waals surface area contributed by atoms with Crippen molar-refractivity contribution in [2.24, 2.45) is 0 Å². The van der Waals surface area contributed by atoms with Crippen molar-refractivity contribution in [1.29, 1.82) is 0 Å². The fraction of sp³-hybridized carbons (Fsp3) is 0.154. The Balaban J connectivity index is 2.59. The monoisotopic (exact) mass is 261 g/mol. The van der Waals surface area contributed by atoms with Crippen molar-refractivity contribution in [3.05, 3.63) is 38.9 Å². The average Bonchev–Trinajstić information content (AvgIpc) is 2.35. The minimum absolute atomic E-state index is 0.00881. The van der Waals surface area contributed by atoms with Crippen LogP contribution in [0, 0.1) is 13.8 Å². The number of rotatable bonds is 2. The van der Waals surface area contributed by atoms with Crippen molar-refractivity contribution < 1.29 is 9.59 Å². The van der Waals surface area contributed by atoms with E-state index in [-0.39, 0.29) is 11.7 Å². The molecule has 0 aliphatic heterocycles. The summed E-state index contributed by atoms with van der Waals surface area (Å²) in [6.07, 6.45) is 0.215. The second-order valence-electron chi connectivity index (χ2n) is 3.93. The number of fused-ring (bicyclic) bond motifs is 1. The molecular formula is C13H11NO3S. The van der Waals surface area contributed by atoms with E-state index in [1.165, 1.54) is 11.3 Å². The summed E-state index contributed by atoms with van der Waals surface area (Å²) < 4.78 is 0.798. The molecule has 0 aliphatic carbocycles. The van der Waals surface area contributed by atoms with Crippen LogP contribution < -0.4 is 10.7 Å². The van der Waals surface area contributed by atoms with Crippen LogP contribution in [0.5, 0.6) is 0 Å². The minimum atomic E-state index is -0.703. The molecule has 1 N–H and O–H groups in total. The van der Waals surface area contributed by atoms with Gasteiger partial charge in [-0.2, -0.15) is 0 Å². The number of hydrogen-bond acceptors (Lipinski definition) is 4. The molecule has 18 heavy (non-hydrogen) atoms. The number of carbonyl (C=O) groups excluding carboxylic acids is 2. The third kappa shape index (κ3) is 2.17. The maximum absolute atomic E-state index is 12.0. The zero-order chi connectivity index (χ0) is 13.3. The predicted octanol–water partition coefficient (Wildman–Crippen LogP) is 2.02. The molecular weight excluding hydrogens is 250 g/mol. The SMILES string of the molecule is Cc1sc2cc(NC(=O)C=O)ccc2c(=O)c1C. The molecule has 1 heterocycles. The highest BCUT2D eigenvalue weighted by atomic mass is 32.1. The lowest BCUT2D eigenvalue weighted by Gasteiger charge is -2.05. The Morgan fingerprint density at radius 1 is 1.33 bits per heavy atom.